The van der Waals surface area contributed by atoms with Crippen LogP contribution in [0.15, 0.2) is 89.4 Å². The Hall–Kier alpha value is -4.16. The number of fused-ring (bicyclic) bond motifs is 4. The van der Waals surface area contributed by atoms with Crippen LogP contribution < -0.4 is 5.73 Å². The zero-order valence-corrected chi connectivity index (χ0v) is 19.3. The van der Waals surface area contributed by atoms with E-state index in [-0.39, 0.29) is 23.1 Å². The Kier molecular flexibility index (Phi) is 5.30. The van der Waals surface area contributed by atoms with Gasteiger partial charge in [0.05, 0.1) is 5.56 Å². The molecule has 4 aromatic carbocycles. The average molecular weight is 510 g/mol. The van der Waals surface area contributed by atoms with E-state index >= 15 is 0 Å². The largest absolute Gasteiger partial charge is 0.398 e. The van der Waals surface area contributed by atoms with Crippen molar-refractivity contribution in [3.8, 4) is 0 Å². The number of hydrogen-bond donors (Lipinski definition) is 1. The highest BCUT2D eigenvalue weighted by molar-refractivity contribution is 9.10. The van der Waals surface area contributed by atoms with E-state index in [1.54, 1.807) is 84.9 Å². The Morgan fingerprint density at radius 1 is 0.471 bits per heavy atom. The molecule has 6 rings (SSSR count). The maximum atomic E-state index is 12.2. The molecule has 2 aliphatic rings. The van der Waals surface area contributed by atoms with Crippen LogP contribution in [-0.2, 0) is 0 Å². The van der Waals surface area contributed by atoms with Crippen molar-refractivity contribution in [3.05, 3.63) is 134 Å². The summed E-state index contributed by atoms with van der Waals surface area (Å²) in [5.74, 6) is -0.477. The molecule has 2 N–H and O–H groups in total. The molecule has 6 heteroatoms. The van der Waals surface area contributed by atoms with Crippen LogP contribution in [0.5, 0.6) is 0 Å². The Morgan fingerprint density at radius 2 is 0.912 bits per heavy atom. The van der Waals surface area contributed by atoms with Gasteiger partial charge in [-0.05, 0) is 24.3 Å². The normalized spacial score (nSPS) is 13.2. The van der Waals surface area contributed by atoms with Crippen LogP contribution >= 0.6 is 15.9 Å². The van der Waals surface area contributed by atoms with E-state index in [1.807, 2.05) is 0 Å². The molecule has 34 heavy (non-hydrogen) atoms. The minimum atomic E-state index is -0.173. The topological polar surface area (TPSA) is 94.3 Å². The molecule has 4 aromatic rings. The van der Waals surface area contributed by atoms with Crippen molar-refractivity contribution in [1.29, 1.82) is 0 Å². The zero-order chi connectivity index (χ0) is 24.0. The third kappa shape index (κ3) is 3.40. The monoisotopic (exact) mass is 509 g/mol. The van der Waals surface area contributed by atoms with Gasteiger partial charge in [-0.3, -0.25) is 19.2 Å². The minimum Gasteiger partial charge on any atom is -0.398 e. The lowest BCUT2D eigenvalue weighted by atomic mass is 9.83. The molecule has 0 heterocycles. The van der Waals surface area contributed by atoms with E-state index in [9.17, 15) is 19.2 Å². The predicted octanol–water partition coefficient (Wildman–Crippen LogP) is 5.27. The third-order valence-corrected chi connectivity index (χ3v) is 6.37. The van der Waals surface area contributed by atoms with Gasteiger partial charge in [0.25, 0.3) is 0 Å². The lowest BCUT2D eigenvalue weighted by molar-refractivity contribution is 0.0979. The number of carbonyl (C=O) groups excluding carboxylic acids is 4. The summed E-state index contributed by atoms with van der Waals surface area (Å²) in [6.45, 7) is 0. The van der Waals surface area contributed by atoms with Crippen molar-refractivity contribution in [2.45, 2.75) is 0 Å². The summed E-state index contributed by atoms with van der Waals surface area (Å²) in [7, 11) is 0. The Morgan fingerprint density at radius 3 is 1.50 bits per heavy atom. The second-order valence-corrected chi connectivity index (χ2v) is 8.78. The summed E-state index contributed by atoms with van der Waals surface area (Å²) >= 11 is 3.31. The summed E-state index contributed by atoms with van der Waals surface area (Å²) in [4.78, 5) is 48.9. The summed E-state index contributed by atoms with van der Waals surface area (Å²) < 4.78 is 0.803. The lowest BCUT2D eigenvalue weighted by Crippen LogP contribution is -2.22. The summed E-state index contributed by atoms with van der Waals surface area (Å²) in [6, 6.07) is 23.9. The van der Waals surface area contributed by atoms with Gasteiger partial charge in [-0.2, -0.15) is 0 Å². The summed E-state index contributed by atoms with van der Waals surface area (Å²) in [6.07, 6.45) is 0. The molecule has 164 valence electrons. The van der Waals surface area contributed by atoms with E-state index in [4.69, 9.17) is 5.73 Å². The first-order chi connectivity index (χ1) is 16.4. The van der Waals surface area contributed by atoms with Crippen LogP contribution in [0, 0.1) is 0 Å². The highest BCUT2D eigenvalue weighted by Gasteiger charge is 2.31. The molecule has 0 atom stereocenters. The van der Waals surface area contributed by atoms with Crippen LogP contribution in [-0.4, -0.2) is 23.1 Å². The van der Waals surface area contributed by atoms with Crippen LogP contribution in [0.3, 0.4) is 0 Å². The molecule has 0 saturated heterocycles. The van der Waals surface area contributed by atoms with E-state index < -0.39 is 0 Å². The van der Waals surface area contributed by atoms with Crippen molar-refractivity contribution in [2.24, 2.45) is 0 Å². The maximum Gasteiger partial charge on any atom is 0.196 e. The van der Waals surface area contributed by atoms with Gasteiger partial charge in [0, 0.05) is 49.1 Å². The third-order valence-electron chi connectivity index (χ3n) is 5.87. The molecule has 2 aliphatic carbocycles. The smallest absolute Gasteiger partial charge is 0.196 e. The fraction of sp³-hybridized carbons (Fsp3) is 0. The molecule has 0 spiro atoms. The van der Waals surface area contributed by atoms with Crippen molar-refractivity contribution >= 4 is 44.8 Å². The predicted molar refractivity (Wildman–Crippen MR) is 132 cm³/mol. The maximum absolute atomic E-state index is 12.2. The molecule has 5 nitrogen and oxygen atoms in total. The molecule has 0 aliphatic heterocycles. The Balaban J connectivity index is 0.000000142. The summed E-state index contributed by atoms with van der Waals surface area (Å²) in [5, 5.41) is 0. The number of nitrogens with two attached hydrogens (primary N) is 1. The van der Waals surface area contributed by atoms with Gasteiger partial charge >= 0.3 is 0 Å². The fourth-order valence-corrected chi connectivity index (χ4v) is 4.60. The second kappa shape index (κ2) is 8.32. The molecular formula is C28H16BrNO4. The van der Waals surface area contributed by atoms with E-state index in [1.165, 1.54) is 0 Å². The van der Waals surface area contributed by atoms with Crippen molar-refractivity contribution < 1.29 is 19.2 Å². The number of halogens is 1. The Labute approximate surface area is 203 Å². The SMILES string of the molecule is Nc1cccc2c1C(=O)c1ccccc1C2=O.O=C1c2ccccc2C(=O)c2cc(Br)ccc21. The number of rotatable bonds is 0. The van der Waals surface area contributed by atoms with Gasteiger partial charge in [-0.15, -0.1) is 0 Å². The molecule has 0 aromatic heterocycles. The number of nitrogen functional groups attached to an aromatic ring is 1. The highest BCUT2D eigenvalue weighted by atomic mass is 79.9. The van der Waals surface area contributed by atoms with E-state index in [2.05, 4.69) is 15.9 Å². The van der Waals surface area contributed by atoms with Gasteiger partial charge < -0.3 is 5.73 Å². The van der Waals surface area contributed by atoms with Gasteiger partial charge in [0.15, 0.2) is 23.1 Å². The van der Waals surface area contributed by atoms with Gasteiger partial charge in [-0.1, -0.05) is 76.6 Å². The number of ketones is 4. The molecule has 0 bridgehead atoms. The number of hydrogen-bond acceptors (Lipinski definition) is 5. The highest BCUT2D eigenvalue weighted by Crippen LogP contribution is 2.31. The molecule has 0 saturated carbocycles. The quantitative estimate of drug-likeness (QED) is 0.281. The standard InChI is InChI=1S/C14H7BrO2.C14H9NO2/c15-8-5-6-11-12(7-8)14(17)10-4-2-1-3-9(10)13(11)16;15-11-7-3-6-10-12(11)14(17)9-5-2-1-4-8(9)13(10)16/h1-7H;1-7H,15H2. The van der Waals surface area contributed by atoms with Crippen molar-refractivity contribution in [2.75, 3.05) is 5.73 Å². The zero-order valence-electron chi connectivity index (χ0n) is 17.7. The molecule has 0 unspecified atom stereocenters. The second-order valence-electron chi connectivity index (χ2n) is 7.87. The molecule has 0 fully saturated rings. The van der Waals surface area contributed by atoms with Gasteiger partial charge in [0.2, 0.25) is 0 Å². The summed E-state index contributed by atoms with van der Waals surface area (Å²) in [5.41, 5.74) is 9.69. The first kappa shape index (κ1) is 21.7. The molecule has 0 amide bonds. The van der Waals surface area contributed by atoms with Crippen molar-refractivity contribution in [3.63, 3.8) is 0 Å². The van der Waals surface area contributed by atoms with Gasteiger partial charge in [-0.25, -0.2) is 0 Å². The first-order valence-electron chi connectivity index (χ1n) is 10.4. The van der Waals surface area contributed by atoms with Crippen LogP contribution in [0.25, 0.3) is 0 Å². The fourth-order valence-electron chi connectivity index (χ4n) is 4.24. The molecule has 0 radical (unpaired) electrons. The number of anilines is 1. The number of benzene rings is 4. The minimum absolute atomic E-state index is 0.0808. The van der Waals surface area contributed by atoms with E-state index in [0.717, 1.165) is 4.47 Å². The average Bonchev–Trinajstić information content (AvgIpc) is 2.86. The lowest BCUT2D eigenvalue weighted by Gasteiger charge is -2.18. The molecular weight excluding hydrogens is 494 g/mol. The number of carbonyl (C=O) groups is 4. The first-order valence-corrected chi connectivity index (χ1v) is 11.2. The van der Waals surface area contributed by atoms with Gasteiger partial charge in [0.1, 0.15) is 0 Å². The van der Waals surface area contributed by atoms with Crippen LogP contribution in [0.1, 0.15) is 63.7 Å². The van der Waals surface area contributed by atoms with E-state index in [0.29, 0.717) is 50.2 Å². The van der Waals surface area contributed by atoms with Crippen molar-refractivity contribution in [1.82, 2.24) is 0 Å². The van der Waals surface area contributed by atoms with Crippen LogP contribution in [0.2, 0.25) is 0 Å². The Bertz CT molecular complexity index is 1530. The van der Waals surface area contributed by atoms with Crippen LogP contribution in [0.4, 0.5) is 5.69 Å².